The van der Waals surface area contributed by atoms with E-state index in [9.17, 15) is 0 Å². The molecular formula is C2H7BO5. The molecule has 0 spiro atoms. The lowest BCUT2D eigenvalue weighted by Crippen LogP contribution is -2.27. The van der Waals surface area contributed by atoms with Crippen LogP contribution in [-0.4, -0.2) is 40.5 Å². The van der Waals surface area contributed by atoms with E-state index in [0.717, 1.165) is 0 Å². The summed E-state index contributed by atoms with van der Waals surface area (Å²) in [6, 6.07) is 0. The number of hydrogen-bond donors (Lipinski definition) is 4. The van der Waals surface area contributed by atoms with Gasteiger partial charge in [0.1, 0.15) is 0 Å². The zero-order valence-electron chi connectivity index (χ0n) is 4.06. The first-order valence-corrected chi connectivity index (χ1v) is 1.97. The molecule has 5 nitrogen and oxygen atoms in total. The maximum atomic E-state index is 8.24. The van der Waals surface area contributed by atoms with Crippen LogP contribution < -0.4 is 0 Å². The van der Waals surface area contributed by atoms with Crippen molar-refractivity contribution >= 4 is 7.32 Å². The van der Waals surface area contributed by atoms with Crippen molar-refractivity contribution in [1.29, 1.82) is 0 Å². The molecule has 6 heteroatoms. The van der Waals surface area contributed by atoms with E-state index in [0.29, 0.717) is 0 Å². The standard InChI is InChI=1S/C2H7BO5/c4-1-2(5)8-3(6)7/h2,4-7H,1H2. The molecule has 0 aromatic rings. The summed E-state index contributed by atoms with van der Waals surface area (Å²) in [4.78, 5) is 0. The van der Waals surface area contributed by atoms with Crippen LogP contribution >= 0.6 is 0 Å². The Balaban J connectivity index is 3.10. The van der Waals surface area contributed by atoms with Crippen molar-refractivity contribution in [2.45, 2.75) is 6.29 Å². The SMILES string of the molecule is OCC(O)OB(O)O. The summed E-state index contributed by atoms with van der Waals surface area (Å²) in [6.07, 6.45) is -1.52. The molecule has 0 aromatic carbocycles. The number of aliphatic hydroxyl groups excluding tert-OH is 2. The Morgan fingerprint density at radius 2 is 2.00 bits per heavy atom. The third kappa shape index (κ3) is 4.04. The quantitative estimate of drug-likeness (QED) is 0.241. The lowest BCUT2D eigenvalue weighted by molar-refractivity contribution is -0.0788. The summed E-state index contributed by atoms with van der Waals surface area (Å²) < 4.78 is 3.82. The Morgan fingerprint density at radius 1 is 1.50 bits per heavy atom. The summed E-state index contributed by atoms with van der Waals surface area (Å²) in [5, 5.41) is 32.1. The normalized spacial score (nSPS) is 13.5. The highest BCUT2D eigenvalue weighted by Gasteiger charge is 2.13. The molecule has 0 bridgehead atoms. The molecule has 0 fully saturated rings. The smallest absolute Gasteiger partial charge is 0.402 e. The summed E-state index contributed by atoms with van der Waals surface area (Å²) in [5.74, 6) is 0. The fourth-order valence-electron chi connectivity index (χ4n) is 0.184. The van der Waals surface area contributed by atoms with Gasteiger partial charge in [0, 0.05) is 0 Å². The molecule has 0 saturated heterocycles. The van der Waals surface area contributed by atoms with Gasteiger partial charge in [0.05, 0.1) is 6.61 Å². The average molecular weight is 122 g/mol. The third-order valence-electron chi connectivity index (χ3n) is 0.435. The van der Waals surface area contributed by atoms with Gasteiger partial charge in [-0.3, -0.25) is 0 Å². The minimum absolute atomic E-state index is 0.655. The molecule has 8 heavy (non-hydrogen) atoms. The fraction of sp³-hybridized carbons (Fsp3) is 1.00. The highest BCUT2D eigenvalue weighted by atomic mass is 16.7. The molecule has 1 unspecified atom stereocenters. The van der Waals surface area contributed by atoms with Crippen LogP contribution in [0.3, 0.4) is 0 Å². The Bertz CT molecular complexity index is 56.4. The van der Waals surface area contributed by atoms with Crippen molar-refractivity contribution < 1.29 is 24.9 Å². The molecular weight excluding hydrogens is 115 g/mol. The Kier molecular flexibility index (Phi) is 3.75. The van der Waals surface area contributed by atoms with E-state index in [1.165, 1.54) is 0 Å². The van der Waals surface area contributed by atoms with E-state index < -0.39 is 20.2 Å². The first-order chi connectivity index (χ1) is 3.66. The zero-order chi connectivity index (χ0) is 6.57. The minimum Gasteiger partial charge on any atom is -0.402 e. The Hall–Kier alpha value is -0.135. The first kappa shape index (κ1) is 7.86. The van der Waals surface area contributed by atoms with E-state index in [-0.39, 0.29) is 0 Å². The van der Waals surface area contributed by atoms with Crippen LogP contribution in [0.5, 0.6) is 0 Å². The second-order valence-corrected chi connectivity index (χ2v) is 1.10. The van der Waals surface area contributed by atoms with Gasteiger partial charge in [-0.1, -0.05) is 0 Å². The van der Waals surface area contributed by atoms with Gasteiger partial charge in [0.25, 0.3) is 0 Å². The average Bonchev–Trinajstić information content (AvgIpc) is 1.65. The molecule has 48 valence electrons. The van der Waals surface area contributed by atoms with Crippen LogP contribution in [-0.2, 0) is 4.65 Å². The maximum absolute atomic E-state index is 8.24. The van der Waals surface area contributed by atoms with Crippen LogP contribution in [0.2, 0.25) is 0 Å². The topological polar surface area (TPSA) is 90.2 Å². The largest absolute Gasteiger partial charge is 0.635 e. The summed E-state index contributed by atoms with van der Waals surface area (Å²) in [5.41, 5.74) is 0. The van der Waals surface area contributed by atoms with Crippen molar-refractivity contribution in [3.05, 3.63) is 0 Å². The molecule has 0 amide bonds. The Labute approximate surface area is 46.3 Å². The van der Waals surface area contributed by atoms with Gasteiger partial charge >= 0.3 is 7.32 Å². The van der Waals surface area contributed by atoms with Gasteiger partial charge in [-0.2, -0.15) is 0 Å². The molecule has 0 rings (SSSR count). The van der Waals surface area contributed by atoms with Crippen LogP contribution in [0.15, 0.2) is 0 Å². The molecule has 0 aliphatic rings. The van der Waals surface area contributed by atoms with E-state index in [2.05, 4.69) is 4.65 Å². The fourth-order valence-corrected chi connectivity index (χ4v) is 0.184. The maximum Gasteiger partial charge on any atom is 0.635 e. The van der Waals surface area contributed by atoms with Gasteiger partial charge in [0.15, 0.2) is 6.29 Å². The van der Waals surface area contributed by atoms with Crippen molar-refractivity contribution in [3.63, 3.8) is 0 Å². The monoisotopic (exact) mass is 122 g/mol. The van der Waals surface area contributed by atoms with Crippen molar-refractivity contribution in [1.82, 2.24) is 0 Å². The summed E-state index contributed by atoms with van der Waals surface area (Å²) in [6.45, 7) is -0.655. The predicted octanol–water partition coefficient (Wildman–Crippen LogP) is -2.72. The van der Waals surface area contributed by atoms with Crippen LogP contribution in [0.25, 0.3) is 0 Å². The van der Waals surface area contributed by atoms with Gasteiger partial charge in [-0.25, -0.2) is 0 Å². The molecule has 0 radical (unpaired) electrons. The van der Waals surface area contributed by atoms with Crippen molar-refractivity contribution in [2.75, 3.05) is 6.61 Å². The van der Waals surface area contributed by atoms with Crippen molar-refractivity contribution in [3.8, 4) is 0 Å². The van der Waals surface area contributed by atoms with E-state index in [4.69, 9.17) is 20.3 Å². The van der Waals surface area contributed by atoms with Crippen LogP contribution in [0.4, 0.5) is 0 Å². The van der Waals surface area contributed by atoms with Gasteiger partial charge in [-0.05, 0) is 0 Å². The Morgan fingerprint density at radius 3 is 2.12 bits per heavy atom. The highest BCUT2D eigenvalue weighted by Crippen LogP contribution is 1.83. The second-order valence-electron chi connectivity index (χ2n) is 1.10. The summed E-state index contributed by atoms with van der Waals surface area (Å²) >= 11 is 0. The zero-order valence-corrected chi connectivity index (χ0v) is 4.06. The molecule has 1 atom stereocenters. The molecule has 0 aromatic heterocycles. The summed E-state index contributed by atoms with van der Waals surface area (Å²) in [7, 11) is -2.03. The number of hydrogen-bond acceptors (Lipinski definition) is 5. The minimum atomic E-state index is -2.03. The number of aliphatic hydroxyl groups is 2. The van der Waals surface area contributed by atoms with E-state index in [1.54, 1.807) is 0 Å². The van der Waals surface area contributed by atoms with E-state index in [1.807, 2.05) is 0 Å². The molecule has 0 aliphatic carbocycles. The molecule has 4 N–H and O–H groups in total. The van der Waals surface area contributed by atoms with E-state index >= 15 is 0 Å². The molecule has 0 saturated carbocycles. The second kappa shape index (κ2) is 3.82. The van der Waals surface area contributed by atoms with Gasteiger partial charge < -0.3 is 24.9 Å². The van der Waals surface area contributed by atoms with Crippen molar-refractivity contribution in [2.24, 2.45) is 0 Å². The van der Waals surface area contributed by atoms with Gasteiger partial charge in [0.2, 0.25) is 0 Å². The van der Waals surface area contributed by atoms with Gasteiger partial charge in [-0.15, -0.1) is 0 Å². The lowest BCUT2D eigenvalue weighted by Gasteiger charge is -2.05. The molecule has 0 aliphatic heterocycles. The lowest BCUT2D eigenvalue weighted by atomic mass is 10.3. The first-order valence-electron chi connectivity index (χ1n) is 1.97. The third-order valence-corrected chi connectivity index (χ3v) is 0.435. The predicted molar refractivity (Wildman–Crippen MR) is 24.4 cm³/mol. The van der Waals surface area contributed by atoms with Crippen LogP contribution in [0, 0.1) is 0 Å². The number of rotatable bonds is 3. The highest BCUT2D eigenvalue weighted by molar-refractivity contribution is 6.32. The molecule has 0 heterocycles. The van der Waals surface area contributed by atoms with Crippen LogP contribution in [0.1, 0.15) is 0 Å².